The second kappa shape index (κ2) is 5.71. The number of hydrogen-bond acceptors (Lipinski definition) is 4. The molecule has 1 aromatic rings. The van der Waals surface area contributed by atoms with Crippen LogP contribution in [0.25, 0.3) is 0 Å². The first kappa shape index (κ1) is 13.4. The number of fused-ring (bicyclic) bond motifs is 1. The highest BCUT2D eigenvalue weighted by atomic mass is 35.5. The molecule has 1 aliphatic rings. The fraction of sp³-hybridized carbons (Fsp3) is 0.500. The van der Waals surface area contributed by atoms with Crippen molar-refractivity contribution in [2.24, 2.45) is 0 Å². The topological polar surface area (TPSA) is 46.6 Å². The summed E-state index contributed by atoms with van der Waals surface area (Å²) in [6.07, 6.45) is 0.315. The highest BCUT2D eigenvalue weighted by Crippen LogP contribution is 2.34. The molecule has 18 heavy (non-hydrogen) atoms. The number of Topliss-reactive ketones (excluding diaryl/α,β-unsaturated/α-hetero) is 1. The largest absolute Gasteiger partial charge is 0.450 e. The van der Waals surface area contributed by atoms with Crippen LogP contribution in [0.3, 0.4) is 0 Å². The lowest BCUT2D eigenvalue weighted by atomic mass is 9.97. The molecule has 1 aromatic heterocycles. The SMILES string of the molecule is CCOC(=O)N1CCc2sccc2C1C(=O)CCl. The molecule has 2 heterocycles. The van der Waals surface area contributed by atoms with Gasteiger partial charge >= 0.3 is 6.09 Å². The number of hydrogen-bond donors (Lipinski definition) is 0. The van der Waals surface area contributed by atoms with Crippen LogP contribution in [-0.2, 0) is 16.0 Å². The van der Waals surface area contributed by atoms with E-state index < -0.39 is 12.1 Å². The van der Waals surface area contributed by atoms with Gasteiger partial charge in [-0.05, 0) is 30.4 Å². The predicted molar refractivity (Wildman–Crippen MR) is 70.2 cm³/mol. The first-order valence-electron chi connectivity index (χ1n) is 5.77. The first-order valence-corrected chi connectivity index (χ1v) is 7.18. The Bertz CT molecular complexity index is 460. The number of amides is 1. The fourth-order valence-electron chi connectivity index (χ4n) is 2.14. The van der Waals surface area contributed by atoms with Gasteiger partial charge in [0.05, 0.1) is 12.5 Å². The molecule has 0 bridgehead atoms. The zero-order valence-corrected chi connectivity index (χ0v) is 11.6. The van der Waals surface area contributed by atoms with Crippen LogP contribution in [0.5, 0.6) is 0 Å². The Hall–Kier alpha value is -1.07. The van der Waals surface area contributed by atoms with Crippen molar-refractivity contribution in [3.05, 3.63) is 21.9 Å². The van der Waals surface area contributed by atoms with Crippen molar-refractivity contribution < 1.29 is 14.3 Å². The zero-order valence-electron chi connectivity index (χ0n) is 10.0. The van der Waals surface area contributed by atoms with Crippen molar-refractivity contribution in [3.8, 4) is 0 Å². The normalized spacial score (nSPS) is 18.3. The van der Waals surface area contributed by atoms with Gasteiger partial charge in [-0.1, -0.05) is 0 Å². The fourth-order valence-corrected chi connectivity index (χ4v) is 3.19. The van der Waals surface area contributed by atoms with E-state index in [1.165, 1.54) is 4.90 Å². The molecular weight excluding hydrogens is 274 g/mol. The summed E-state index contributed by atoms with van der Waals surface area (Å²) in [4.78, 5) is 26.5. The number of ether oxygens (including phenoxy) is 1. The Kier molecular flexibility index (Phi) is 4.24. The predicted octanol–water partition coefficient (Wildman–Crippen LogP) is 2.61. The monoisotopic (exact) mass is 287 g/mol. The van der Waals surface area contributed by atoms with Gasteiger partial charge in [0.25, 0.3) is 0 Å². The number of rotatable bonds is 3. The molecule has 0 radical (unpaired) electrons. The molecule has 1 unspecified atom stereocenters. The van der Waals surface area contributed by atoms with E-state index in [2.05, 4.69) is 0 Å². The second-order valence-electron chi connectivity index (χ2n) is 3.94. The van der Waals surface area contributed by atoms with Crippen LogP contribution >= 0.6 is 22.9 Å². The third kappa shape index (κ3) is 2.37. The average molecular weight is 288 g/mol. The number of carbonyl (C=O) groups is 2. The molecule has 0 fully saturated rings. The van der Waals surface area contributed by atoms with E-state index in [0.717, 1.165) is 16.9 Å². The summed E-state index contributed by atoms with van der Waals surface area (Å²) in [5.74, 6) is -0.264. The highest BCUT2D eigenvalue weighted by molar-refractivity contribution is 7.10. The minimum Gasteiger partial charge on any atom is -0.450 e. The van der Waals surface area contributed by atoms with Crippen LogP contribution in [0.4, 0.5) is 4.79 Å². The van der Waals surface area contributed by atoms with Crippen LogP contribution in [0.1, 0.15) is 23.4 Å². The van der Waals surface area contributed by atoms with Crippen LogP contribution in [0, 0.1) is 0 Å². The zero-order chi connectivity index (χ0) is 13.1. The van der Waals surface area contributed by atoms with Gasteiger partial charge in [-0.2, -0.15) is 0 Å². The van der Waals surface area contributed by atoms with E-state index in [4.69, 9.17) is 16.3 Å². The van der Waals surface area contributed by atoms with Crippen LogP contribution in [0.2, 0.25) is 0 Å². The van der Waals surface area contributed by atoms with Gasteiger partial charge in [0.1, 0.15) is 6.04 Å². The van der Waals surface area contributed by atoms with Crippen LogP contribution in [0.15, 0.2) is 11.4 Å². The van der Waals surface area contributed by atoms with Gasteiger partial charge in [0, 0.05) is 11.4 Å². The van der Waals surface area contributed by atoms with E-state index in [-0.39, 0.29) is 11.7 Å². The first-order chi connectivity index (χ1) is 8.69. The molecule has 0 N–H and O–H groups in total. The smallest absolute Gasteiger partial charge is 0.410 e. The van der Waals surface area contributed by atoms with Gasteiger partial charge < -0.3 is 4.74 Å². The van der Waals surface area contributed by atoms with E-state index >= 15 is 0 Å². The van der Waals surface area contributed by atoms with Gasteiger partial charge in [-0.3, -0.25) is 9.69 Å². The van der Waals surface area contributed by atoms with Crippen molar-refractivity contribution in [2.45, 2.75) is 19.4 Å². The molecule has 2 rings (SSSR count). The molecule has 4 nitrogen and oxygen atoms in total. The maximum atomic E-state index is 12.0. The van der Waals surface area contributed by atoms with E-state index in [1.54, 1.807) is 18.3 Å². The minimum absolute atomic E-state index is 0.101. The molecule has 0 saturated heterocycles. The molecule has 0 saturated carbocycles. The van der Waals surface area contributed by atoms with Gasteiger partial charge in [0.15, 0.2) is 5.78 Å². The molecule has 0 aromatic carbocycles. The Labute approximate surface area is 114 Å². The van der Waals surface area contributed by atoms with Crippen LogP contribution < -0.4 is 0 Å². The number of thiophene rings is 1. The quantitative estimate of drug-likeness (QED) is 0.803. The lowest BCUT2D eigenvalue weighted by Crippen LogP contribution is -2.43. The number of nitrogens with zero attached hydrogens (tertiary/aromatic N) is 1. The molecule has 1 amide bonds. The molecule has 0 spiro atoms. The molecular formula is C12H14ClNO3S. The number of alkyl halides is 1. The number of carbonyl (C=O) groups excluding carboxylic acids is 2. The van der Waals surface area contributed by atoms with Crippen molar-refractivity contribution in [1.29, 1.82) is 0 Å². The maximum absolute atomic E-state index is 12.0. The molecule has 0 aliphatic carbocycles. The van der Waals surface area contributed by atoms with E-state index in [9.17, 15) is 9.59 Å². The van der Waals surface area contributed by atoms with Crippen molar-refractivity contribution in [1.82, 2.24) is 4.90 Å². The highest BCUT2D eigenvalue weighted by Gasteiger charge is 2.36. The third-order valence-corrected chi connectivity index (χ3v) is 4.16. The molecule has 1 atom stereocenters. The van der Waals surface area contributed by atoms with E-state index in [0.29, 0.717) is 13.2 Å². The maximum Gasteiger partial charge on any atom is 0.410 e. The van der Waals surface area contributed by atoms with Crippen molar-refractivity contribution in [2.75, 3.05) is 19.0 Å². The third-order valence-electron chi connectivity index (χ3n) is 2.90. The lowest BCUT2D eigenvalue weighted by Gasteiger charge is -2.33. The summed E-state index contributed by atoms with van der Waals surface area (Å²) in [6, 6.07) is 1.30. The standard InChI is InChI=1S/C12H14ClNO3S/c1-2-17-12(16)14-5-3-10-8(4-6-18-10)11(14)9(15)7-13/h4,6,11H,2-3,5,7H2,1H3. The summed E-state index contributed by atoms with van der Waals surface area (Å²) in [6.45, 7) is 2.55. The van der Waals surface area contributed by atoms with Crippen molar-refractivity contribution in [3.63, 3.8) is 0 Å². The molecule has 98 valence electrons. The lowest BCUT2D eigenvalue weighted by molar-refractivity contribution is -0.121. The Morgan fingerprint density at radius 1 is 1.61 bits per heavy atom. The summed E-state index contributed by atoms with van der Waals surface area (Å²) < 4.78 is 4.99. The number of halogens is 1. The molecule has 6 heteroatoms. The summed E-state index contributed by atoms with van der Waals surface area (Å²) in [5.41, 5.74) is 0.893. The Balaban J connectivity index is 2.31. The second-order valence-corrected chi connectivity index (χ2v) is 5.21. The number of ketones is 1. The van der Waals surface area contributed by atoms with E-state index in [1.807, 2.05) is 11.4 Å². The van der Waals surface area contributed by atoms with Crippen molar-refractivity contribution >= 4 is 34.8 Å². The summed E-state index contributed by atoms with van der Waals surface area (Å²) >= 11 is 7.25. The van der Waals surface area contributed by atoms with Gasteiger partial charge in [-0.15, -0.1) is 22.9 Å². The van der Waals surface area contributed by atoms with Crippen LogP contribution in [-0.4, -0.2) is 35.8 Å². The van der Waals surface area contributed by atoms with Gasteiger partial charge in [0.2, 0.25) is 0 Å². The Morgan fingerprint density at radius 2 is 2.39 bits per heavy atom. The van der Waals surface area contributed by atoms with Gasteiger partial charge in [-0.25, -0.2) is 4.79 Å². The minimum atomic E-state index is -0.587. The Morgan fingerprint density at radius 3 is 3.06 bits per heavy atom. The summed E-state index contributed by atoms with van der Waals surface area (Å²) in [7, 11) is 0. The summed E-state index contributed by atoms with van der Waals surface area (Å²) in [5, 5.41) is 1.94. The average Bonchev–Trinajstić information content (AvgIpc) is 2.85. The molecule has 1 aliphatic heterocycles.